The van der Waals surface area contributed by atoms with E-state index in [-0.39, 0.29) is 22.7 Å². The van der Waals surface area contributed by atoms with Crippen LogP contribution in [0.2, 0.25) is 0 Å². The van der Waals surface area contributed by atoms with Crippen LogP contribution in [0.4, 0.5) is 5.69 Å². The molecule has 1 amide bonds. The molecule has 0 fully saturated rings. The molecule has 2 nitrogen and oxygen atoms in total. The molecule has 0 aliphatic carbocycles. The summed E-state index contributed by atoms with van der Waals surface area (Å²) in [6.07, 6.45) is 0. The Bertz CT molecular complexity index is 701. The van der Waals surface area contributed by atoms with Crippen LogP contribution in [-0.4, -0.2) is 17.3 Å². The molecule has 2 aromatic rings. The van der Waals surface area contributed by atoms with Crippen molar-refractivity contribution < 1.29 is 4.79 Å². The fourth-order valence-corrected chi connectivity index (χ4v) is 3.54. The number of anilines is 1. The van der Waals surface area contributed by atoms with Crippen LogP contribution in [0.15, 0.2) is 48.5 Å². The topological polar surface area (TPSA) is 20.3 Å². The van der Waals surface area contributed by atoms with Crippen LogP contribution in [0.1, 0.15) is 33.8 Å². The maximum atomic E-state index is 12.9. The Morgan fingerprint density at radius 2 is 1.77 bits per heavy atom. The first kappa shape index (κ1) is 15.4. The molecule has 2 unspecified atom stereocenters. The molecule has 22 heavy (non-hydrogen) atoms. The molecule has 0 spiro atoms. The molecule has 1 aliphatic rings. The largest absolute Gasteiger partial charge is 0.304 e. The molecule has 0 N–H and O–H groups in total. The highest BCUT2D eigenvalue weighted by Crippen LogP contribution is 2.44. The maximum absolute atomic E-state index is 12.9. The lowest BCUT2D eigenvalue weighted by Gasteiger charge is -2.40. The van der Waals surface area contributed by atoms with Crippen molar-refractivity contribution in [3.63, 3.8) is 0 Å². The van der Waals surface area contributed by atoms with Gasteiger partial charge in [-0.2, -0.15) is 0 Å². The molecule has 3 atom stereocenters. The molecule has 0 radical (unpaired) electrons. The summed E-state index contributed by atoms with van der Waals surface area (Å²) in [6.45, 7) is 3.95. The van der Waals surface area contributed by atoms with Gasteiger partial charge >= 0.3 is 0 Å². The summed E-state index contributed by atoms with van der Waals surface area (Å²) in [5, 5.41) is -0.630. The quantitative estimate of drug-likeness (QED) is 0.677. The minimum Gasteiger partial charge on any atom is -0.304 e. The van der Waals surface area contributed by atoms with Gasteiger partial charge in [0.1, 0.15) is 0 Å². The van der Waals surface area contributed by atoms with Gasteiger partial charge in [0.2, 0.25) is 0 Å². The predicted octanol–water partition coefficient (Wildman–Crippen LogP) is 4.93. The first-order valence-electron chi connectivity index (χ1n) is 7.28. The van der Waals surface area contributed by atoms with Crippen molar-refractivity contribution in [2.75, 3.05) is 4.90 Å². The van der Waals surface area contributed by atoms with E-state index in [2.05, 4.69) is 0 Å². The van der Waals surface area contributed by atoms with Crippen LogP contribution in [0.5, 0.6) is 0 Å². The smallest absolute Gasteiger partial charge is 0.258 e. The Hall–Kier alpha value is -1.51. The zero-order valence-corrected chi connectivity index (χ0v) is 14.0. The van der Waals surface area contributed by atoms with E-state index in [9.17, 15) is 4.79 Å². The molecule has 0 bridgehead atoms. The molecular weight excluding hydrogens is 317 g/mol. The standard InChI is InChI=1S/C18H17Cl2NO/c1-11-8-9-15-14(10-11)17(20)16(19)12(2)21(15)18(22)13-6-4-3-5-7-13/h3-10,12,16-17H,1-2H3/t12?,16-,17?/m0/s1. The predicted molar refractivity (Wildman–Crippen MR) is 92.1 cm³/mol. The Labute approximate surface area is 140 Å². The third-order valence-electron chi connectivity index (χ3n) is 4.13. The van der Waals surface area contributed by atoms with Gasteiger partial charge in [-0.05, 0) is 37.6 Å². The highest BCUT2D eigenvalue weighted by atomic mass is 35.5. The van der Waals surface area contributed by atoms with Crippen molar-refractivity contribution in [3.8, 4) is 0 Å². The van der Waals surface area contributed by atoms with Crippen LogP contribution >= 0.6 is 23.2 Å². The van der Waals surface area contributed by atoms with Gasteiger partial charge in [-0.1, -0.05) is 35.9 Å². The van der Waals surface area contributed by atoms with Crippen LogP contribution < -0.4 is 4.90 Å². The number of carbonyl (C=O) groups excluding carboxylic acids is 1. The lowest BCUT2D eigenvalue weighted by molar-refractivity contribution is 0.0975. The van der Waals surface area contributed by atoms with E-state index in [0.29, 0.717) is 5.56 Å². The average Bonchev–Trinajstić information content (AvgIpc) is 2.54. The second-order valence-electron chi connectivity index (χ2n) is 5.69. The number of halogens is 2. The van der Waals surface area contributed by atoms with Gasteiger partial charge in [-0.15, -0.1) is 23.2 Å². The number of hydrogen-bond acceptors (Lipinski definition) is 1. The molecule has 1 heterocycles. The fraction of sp³-hybridized carbons (Fsp3) is 0.278. The number of hydrogen-bond donors (Lipinski definition) is 0. The summed E-state index contributed by atoms with van der Waals surface area (Å²) >= 11 is 13.0. The summed E-state index contributed by atoms with van der Waals surface area (Å²) in [5.74, 6) is -0.0487. The zero-order valence-electron chi connectivity index (χ0n) is 12.5. The van der Waals surface area contributed by atoms with Crippen LogP contribution in [0.25, 0.3) is 0 Å². The minimum atomic E-state index is -0.330. The number of benzene rings is 2. The van der Waals surface area contributed by atoms with Crippen molar-refractivity contribution in [3.05, 3.63) is 65.2 Å². The minimum absolute atomic E-state index is 0.0487. The van der Waals surface area contributed by atoms with Crippen LogP contribution in [0, 0.1) is 6.92 Å². The summed E-state index contributed by atoms with van der Waals surface area (Å²) in [4.78, 5) is 14.7. The van der Waals surface area contributed by atoms with Gasteiger partial charge < -0.3 is 4.90 Å². The van der Waals surface area contributed by atoms with Crippen molar-refractivity contribution in [2.24, 2.45) is 0 Å². The van der Waals surface area contributed by atoms with Gasteiger partial charge in [0.25, 0.3) is 5.91 Å². The average molecular weight is 334 g/mol. The van der Waals surface area contributed by atoms with E-state index < -0.39 is 0 Å². The molecule has 1 aliphatic heterocycles. The van der Waals surface area contributed by atoms with Crippen molar-refractivity contribution in [1.29, 1.82) is 0 Å². The SMILES string of the molecule is Cc1ccc2c(c1)C(Cl)[C@@H](Cl)C(C)N2C(=O)c1ccccc1. The molecule has 2 aromatic carbocycles. The maximum Gasteiger partial charge on any atom is 0.258 e. The lowest BCUT2D eigenvalue weighted by atomic mass is 9.93. The van der Waals surface area contributed by atoms with E-state index >= 15 is 0 Å². The van der Waals surface area contributed by atoms with E-state index in [1.165, 1.54) is 0 Å². The van der Waals surface area contributed by atoms with Gasteiger partial charge in [0.05, 0.1) is 16.8 Å². The highest BCUT2D eigenvalue weighted by molar-refractivity contribution is 6.32. The number of rotatable bonds is 1. The summed E-state index contributed by atoms with van der Waals surface area (Å²) in [6, 6.07) is 15.0. The molecular formula is C18H17Cl2NO. The first-order valence-corrected chi connectivity index (χ1v) is 8.15. The Kier molecular flexibility index (Phi) is 4.16. The number of fused-ring (bicyclic) bond motifs is 1. The Morgan fingerprint density at radius 3 is 2.45 bits per heavy atom. The Balaban J connectivity index is 2.11. The third kappa shape index (κ3) is 2.51. The van der Waals surface area contributed by atoms with E-state index in [1.807, 2.05) is 62.4 Å². The second kappa shape index (κ2) is 5.94. The summed E-state index contributed by atoms with van der Waals surface area (Å²) < 4.78 is 0. The number of nitrogens with zero attached hydrogens (tertiary/aromatic N) is 1. The summed E-state index contributed by atoms with van der Waals surface area (Å²) in [5.41, 5.74) is 3.53. The normalized spacial score (nSPS) is 24.0. The second-order valence-corrected chi connectivity index (χ2v) is 6.66. The van der Waals surface area contributed by atoms with Crippen molar-refractivity contribution >= 4 is 34.8 Å². The first-order chi connectivity index (χ1) is 10.5. The number of aryl methyl sites for hydroxylation is 1. The van der Waals surface area contributed by atoms with Crippen molar-refractivity contribution in [1.82, 2.24) is 0 Å². The molecule has 0 saturated heterocycles. The fourth-order valence-electron chi connectivity index (χ4n) is 2.91. The van der Waals surface area contributed by atoms with Gasteiger partial charge in [0.15, 0.2) is 0 Å². The van der Waals surface area contributed by atoms with E-state index in [0.717, 1.165) is 16.8 Å². The van der Waals surface area contributed by atoms with E-state index in [1.54, 1.807) is 4.90 Å². The van der Waals surface area contributed by atoms with Gasteiger partial charge in [0, 0.05) is 11.3 Å². The summed E-state index contributed by atoms with van der Waals surface area (Å²) in [7, 11) is 0. The molecule has 3 rings (SSSR count). The number of carbonyl (C=O) groups is 1. The van der Waals surface area contributed by atoms with Gasteiger partial charge in [-0.25, -0.2) is 0 Å². The molecule has 4 heteroatoms. The zero-order chi connectivity index (χ0) is 15.9. The number of amides is 1. The highest BCUT2D eigenvalue weighted by Gasteiger charge is 2.39. The third-order valence-corrected chi connectivity index (χ3v) is 5.38. The van der Waals surface area contributed by atoms with Crippen molar-refractivity contribution in [2.45, 2.75) is 30.6 Å². The van der Waals surface area contributed by atoms with Crippen LogP contribution in [0.3, 0.4) is 0 Å². The van der Waals surface area contributed by atoms with Gasteiger partial charge in [-0.3, -0.25) is 4.79 Å². The molecule has 0 saturated carbocycles. The molecule has 0 aromatic heterocycles. The van der Waals surface area contributed by atoms with Crippen LogP contribution in [-0.2, 0) is 0 Å². The number of alkyl halides is 2. The van der Waals surface area contributed by atoms with E-state index in [4.69, 9.17) is 23.2 Å². The molecule has 114 valence electrons. The lowest BCUT2D eigenvalue weighted by Crippen LogP contribution is -2.48. The Morgan fingerprint density at radius 1 is 1.09 bits per heavy atom. The monoisotopic (exact) mass is 333 g/mol.